The molecule has 1 aromatic carbocycles. The molecule has 7 nitrogen and oxygen atoms in total. The molecule has 30 heavy (non-hydrogen) atoms. The molecule has 0 aliphatic carbocycles. The highest BCUT2D eigenvalue weighted by atomic mass is 16.5. The topological polar surface area (TPSA) is 84.4 Å². The number of quaternary nitrogens is 1. The van der Waals surface area contributed by atoms with Gasteiger partial charge in [0.2, 0.25) is 0 Å². The van der Waals surface area contributed by atoms with Gasteiger partial charge >= 0.3 is 0 Å². The number of amides is 1. The van der Waals surface area contributed by atoms with Crippen molar-refractivity contribution in [3.63, 3.8) is 0 Å². The highest BCUT2D eigenvalue weighted by Gasteiger charge is 2.47. The molecule has 0 bridgehead atoms. The minimum Gasteiger partial charge on any atom is -0.507 e. The van der Waals surface area contributed by atoms with E-state index in [1.54, 1.807) is 43.5 Å². The van der Waals surface area contributed by atoms with Crippen LogP contribution in [0.3, 0.4) is 0 Å². The zero-order valence-electron chi connectivity index (χ0n) is 17.7. The summed E-state index contributed by atoms with van der Waals surface area (Å²) in [6.07, 6.45) is 2.26. The molecule has 0 radical (unpaired) electrons. The minimum atomic E-state index is -0.742. The Labute approximate surface area is 176 Å². The lowest BCUT2D eigenvalue weighted by molar-refractivity contribution is -0.896. The molecule has 1 saturated heterocycles. The number of aliphatic hydroxyl groups is 1. The van der Waals surface area contributed by atoms with Crippen molar-refractivity contribution in [2.45, 2.75) is 26.3 Å². The molecule has 1 atom stereocenters. The molecule has 1 aliphatic rings. The molecule has 3 rings (SSSR count). The third kappa shape index (κ3) is 4.26. The quantitative estimate of drug-likeness (QED) is 0.373. The zero-order valence-corrected chi connectivity index (χ0v) is 17.7. The van der Waals surface area contributed by atoms with Crippen LogP contribution in [0.25, 0.3) is 5.76 Å². The summed E-state index contributed by atoms with van der Waals surface area (Å²) in [6.45, 7) is 7.59. The van der Waals surface area contributed by atoms with Gasteiger partial charge in [0.1, 0.15) is 23.3 Å². The summed E-state index contributed by atoms with van der Waals surface area (Å²) >= 11 is 0. The number of nitrogens with zero attached hydrogens (tertiary/aromatic N) is 1. The van der Waals surface area contributed by atoms with Crippen LogP contribution in [0.15, 0.2) is 52.7 Å². The summed E-state index contributed by atoms with van der Waals surface area (Å²) in [5, 5.41) is 10.9. The standard InChI is InChI=1S/C23H28N2O5/c1-4-24(5-2)13-7-14-25-20(18-8-6-15-30-18)19(22(27)23(25)28)21(26)16-9-11-17(29-3)12-10-16/h6,8-12,15,20,26H,4-5,7,13-14H2,1-3H3/p+1/b21-19-/t20-/m0/s1. The number of furan rings is 1. The molecule has 1 aliphatic heterocycles. The van der Waals surface area contributed by atoms with E-state index in [4.69, 9.17) is 9.15 Å². The molecule has 1 fully saturated rings. The van der Waals surface area contributed by atoms with Crippen LogP contribution < -0.4 is 9.64 Å². The molecule has 0 unspecified atom stereocenters. The van der Waals surface area contributed by atoms with Crippen LogP contribution in [0.4, 0.5) is 0 Å². The van der Waals surface area contributed by atoms with Gasteiger partial charge in [0.15, 0.2) is 0 Å². The molecular formula is C23H29N2O5+. The van der Waals surface area contributed by atoms with Gasteiger partial charge in [-0.05, 0) is 50.2 Å². The first kappa shape index (κ1) is 21.6. The Hall–Kier alpha value is -3.06. The lowest BCUT2D eigenvalue weighted by atomic mass is 9.99. The Bertz CT molecular complexity index is 898. The van der Waals surface area contributed by atoms with Crippen LogP contribution in [-0.2, 0) is 9.59 Å². The van der Waals surface area contributed by atoms with Crippen molar-refractivity contribution in [1.29, 1.82) is 0 Å². The van der Waals surface area contributed by atoms with Crippen LogP contribution in [0.2, 0.25) is 0 Å². The molecule has 2 heterocycles. The first-order valence-electron chi connectivity index (χ1n) is 10.3. The van der Waals surface area contributed by atoms with Gasteiger partial charge in [0, 0.05) is 18.5 Å². The molecule has 0 saturated carbocycles. The van der Waals surface area contributed by atoms with Gasteiger partial charge in [-0.1, -0.05) is 0 Å². The molecule has 160 valence electrons. The molecule has 2 aromatic rings. The Morgan fingerprint density at radius 3 is 2.43 bits per heavy atom. The summed E-state index contributed by atoms with van der Waals surface area (Å²) < 4.78 is 10.7. The van der Waals surface area contributed by atoms with E-state index in [2.05, 4.69) is 13.8 Å². The molecule has 2 N–H and O–H groups in total. The van der Waals surface area contributed by atoms with Gasteiger partial charge in [-0.2, -0.15) is 0 Å². The largest absolute Gasteiger partial charge is 0.507 e. The average molecular weight is 413 g/mol. The number of nitrogens with one attached hydrogen (secondary N) is 1. The highest BCUT2D eigenvalue weighted by Crippen LogP contribution is 2.39. The Balaban J connectivity index is 1.95. The predicted octanol–water partition coefficient (Wildman–Crippen LogP) is 2.02. The van der Waals surface area contributed by atoms with Crippen molar-refractivity contribution in [2.75, 3.05) is 33.3 Å². The van der Waals surface area contributed by atoms with Gasteiger partial charge in [-0.15, -0.1) is 0 Å². The third-order valence-electron chi connectivity index (χ3n) is 5.65. The van der Waals surface area contributed by atoms with E-state index >= 15 is 0 Å². The second-order valence-electron chi connectivity index (χ2n) is 7.30. The van der Waals surface area contributed by atoms with Crippen molar-refractivity contribution >= 4 is 17.4 Å². The molecule has 1 aromatic heterocycles. The number of ketones is 1. The van der Waals surface area contributed by atoms with E-state index < -0.39 is 17.7 Å². The molecule has 1 amide bonds. The number of methoxy groups -OCH3 is 1. The van der Waals surface area contributed by atoms with Crippen molar-refractivity contribution < 1.29 is 28.7 Å². The number of likely N-dealkylation sites (tertiary alicyclic amines) is 1. The third-order valence-corrected chi connectivity index (χ3v) is 5.65. The minimum absolute atomic E-state index is 0.0512. The number of Topliss-reactive ketones (excluding diaryl/α,β-unsaturated/α-hetero) is 1. The normalized spacial score (nSPS) is 18.4. The van der Waals surface area contributed by atoms with Crippen molar-refractivity contribution in [1.82, 2.24) is 4.90 Å². The van der Waals surface area contributed by atoms with Crippen LogP contribution in [-0.4, -0.2) is 55.0 Å². The first-order chi connectivity index (χ1) is 14.5. The van der Waals surface area contributed by atoms with E-state index in [9.17, 15) is 14.7 Å². The number of hydrogen-bond donors (Lipinski definition) is 2. The van der Waals surface area contributed by atoms with E-state index in [1.165, 1.54) is 16.1 Å². The summed E-state index contributed by atoms with van der Waals surface area (Å²) in [6, 6.07) is 9.40. The number of hydrogen-bond acceptors (Lipinski definition) is 5. The molecule has 7 heteroatoms. The van der Waals surface area contributed by atoms with E-state index in [-0.39, 0.29) is 11.3 Å². The smallest absolute Gasteiger partial charge is 0.295 e. The van der Waals surface area contributed by atoms with Crippen molar-refractivity contribution in [3.8, 4) is 5.75 Å². The van der Waals surface area contributed by atoms with Gasteiger partial charge in [0.25, 0.3) is 11.7 Å². The van der Waals surface area contributed by atoms with Crippen LogP contribution in [0.5, 0.6) is 5.75 Å². The Morgan fingerprint density at radius 2 is 1.87 bits per heavy atom. The zero-order chi connectivity index (χ0) is 21.7. The maximum absolute atomic E-state index is 12.9. The van der Waals surface area contributed by atoms with Gasteiger partial charge in [0.05, 0.1) is 38.6 Å². The monoisotopic (exact) mass is 413 g/mol. The SMILES string of the molecule is CC[NH+](CC)CCCN1C(=O)C(=O)/C(=C(\O)c2ccc(OC)cc2)[C@@H]1c1ccco1. The van der Waals surface area contributed by atoms with Crippen molar-refractivity contribution in [3.05, 3.63) is 59.6 Å². The molecule has 0 spiro atoms. The van der Waals surface area contributed by atoms with Crippen LogP contribution >= 0.6 is 0 Å². The van der Waals surface area contributed by atoms with Gasteiger partial charge in [-0.3, -0.25) is 9.59 Å². The van der Waals surface area contributed by atoms with Gasteiger partial charge < -0.3 is 24.1 Å². The second-order valence-corrected chi connectivity index (χ2v) is 7.30. The number of aliphatic hydroxyl groups excluding tert-OH is 1. The number of rotatable bonds is 9. The number of carbonyl (C=O) groups is 2. The first-order valence-corrected chi connectivity index (χ1v) is 10.3. The summed E-state index contributed by atoms with van der Waals surface area (Å²) in [7, 11) is 1.55. The number of carbonyl (C=O) groups excluding carboxylic acids is 2. The Morgan fingerprint density at radius 1 is 1.17 bits per heavy atom. The fraction of sp³-hybridized carbons (Fsp3) is 0.391. The van der Waals surface area contributed by atoms with Crippen LogP contribution in [0, 0.1) is 0 Å². The number of ether oxygens (including phenoxy) is 1. The summed E-state index contributed by atoms with van der Waals surface area (Å²) in [5.74, 6) is -0.428. The van der Waals surface area contributed by atoms with E-state index in [0.717, 1.165) is 26.1 Å². The summed E-state index contributed by atoms with van der Waals surface area (Å²) in [4.78, 5) is 28.7. The maximum Gasteiger partial charge on any atom is 0.295 e. The average Bonchev–Trinajstić information content (AvgIpc) is 3.38. The van der Waals surface area contributed by atoms with Gasteiger partial charge in [-0.25, -0.2) is 0 Å². The van der Waals surface area contributed by atoms with E-state index in [1.807, 2.05) is 0 Å². The maximum atomic E-state index is 12.9. The molecular weight excluding hydrogens is 384 g/mol. The highest BCUT2D eigenvalue weighted by molar-refractivity contribution is 6.46. The van der Waals surface area contributed by atoms with Crippen LogP contribution in [0.1, 0.15) is 37.6 Å². The second kappa shape index (κ2) is 9.63. The fourth-order valence-corrected chi connectivity index (χ4v) is 3.86. The number of benzene rings is 1. The lowest BCUT2D eigenvalue weighted by Gasteiger charge is -2.24. The van der Waals surface area contributed by atoms with E-state index in [0.29, 0.717) is 23.6 Å². The predicted molar refractivity (Wildman–Crippen MR) is 112 cm³/mol. The van der Waals surface area contributed by atoms with Crippen molar-refractivity contribution in [2.24, 2.45) is 0 Å². The lowest BCUT2D eigenvalue weighted by Crippen LogP contribution is -3.11. The summed E-state index contributed by atoms with van der Waals surface area (Å²) in [5.41, 5.74) is 0.494. The Kier molecular flexibility index (Phi) is 6.95. The fourth-order valence-electron chi connectivity index (χ4n) is 3.86.